The molecule has 1 fully saturated rings. The summed E-state index contributed by atoms with van der Waals surface area (Å²) < 4.78 is 24.9. The molecule has 2 rings (SSSR count). The Morgan fingerprint density at radius 1 is 1.65 bits per heavy atom. The summed E-state index contributed by atoms with van der Waals surface area (Å²) in [5.74, 6) is 0.771. The molecule has 6 heteroatoms. The van der Waals surface area contributed by atoms with Gasteiger partial charge < -0.3 is 5.32 Å². The van der Waals surface area contributed by atoms with Crippen LogP contribution in [0.4, 0.5) is 0 Å². The van der Waals surface area contributed by atoms with Crippen molar-refractivity contribution in [2.24, 2.45) is 5.92 Å². The third kappa shape index (κ3) is 2.69. The van der Waals surface area contributed by atoms with E-state index in [4.69, 9.17) is 0 Å². The molecule has 17 heavy (non-hydrogen) atoms. The number of hydrogen-bond donors (Lipinski definition) is 1. The van der Waals surface area contributed by atoms with Crippen LogP contribution >= 0.6 is 0 Å². The average Bonchev–Trinajstić information content (AvgIpc) is 2.87. The van der Waals surface area contributed by atoms with Crippen molar-refractivity contribution in [3.8, 4) is 0 Å². The summed E-state index contributed by atoms with van der Waals surface area (Å²) in [4.78, 5) is 0. The zero-order chi connectivity index (χ0) is 12.5. The Hall–Kier alpha value is -0.880. The number of aromatic nitrogens is 2. The van der Waals surface area contributed by atoms with E-state index >= 15 is 0 Å². The Kier molecular flexibility index (Phi) is 3.53. The Bertz CT molecular complexity index is 481. The molecule has 5 nitrogen and oxygen atoms in total. The van der Waals surface area contributed by atoms with Gasteiger partial charge in [-0.25, -0.2) is 8.42 Å². The molecule has 2 heterocycles. The van der Waals surface area contributed by atoms with Gasteiger partial charge in [-0.05, 0) is 26.3 Å². The maximum Gasteiger partial charge on any atom is 0.150 e. The molecule has 1 N–H and O–H groups in total. The van der Waals surface area contributed by atoms with E-state index < -0.39 is 9.84 Å². The first-order valence-corrected chi connectivity index (χ1v) is 7.78. The van der Waals surface area contributed by atoms with Crippen molar-refractivity contribution in [2.45, 2.75) is 25.9 Å². The first kappa shape index (κ1) is 12.6. The first-order chi connectivity index (χ1) is 8.05. The summed E-state index contributed by atoms with van der Waals surface area (Å²) in [6.45, 7) is 2.87. The molecule has 1 aliphatic rings. The van der Waals surface area contributed by atoms with Crippen LogP contribution in [0.25, 0.3) is 0 Å². The molecular formula is C11H19N3O2S. The Balaban J connectivity index is 2.17. The Morgan fingerprint density at radius 2 is 2.41 bits per heavy atom. The minimum absolute atomic E-state index is 0.0903. The fourth-order valence-electron chi connectivity index (χ4n) is 2.47. The highest BCUT2D eigenvalue weighted by Gasteiger charge is 2.34. The number of nitrogens with zero attached hydrogens (tertiary/aromatic N) is 2. The molecule has 0 aliphatic carbocycles. The van der Waals surface area contributed by atoms with Crippen molar-refractivity contribution in [1.82, 2.24) is 15.1 Å². The molecule has 0 amide bonds. The van der Waals surface area contributed by atoms with E-state index in [-0.39, 0.29) is 17.7 Å². The van der Waals surface area contributed by atoms with Crippen LogP contribution in [0.5, 0.6) is 0 Å². The molecule has 2 unspecified atom stereocenters. The fraction of sp³-hybridized carbons (Fsp3) is 0.727. The normalized spacial score (nSPS) is 24.9. The van der Waals surface area contributed by atoms with E-state index in [2.05, 4.69) is 10.4 Å². The lowest BCUT2D eigenvalue weighted by molar-refractivity contribution is 0.418. The van der Waals surface area contributed by atoms with E-state index in [1.165, 1.54) is 0 Å². The zero-order valence-corrected chi connectivity index (χ0v) is 11.1. The van der Waals surface area contributed by atoms with Crippen LogP contribution < -0.4 is 5.32 Å². The van der Waals surface area contributed by atoms with E-state index in [1.807, 2.05) is 31.0 Å². The lowest BCUT2D eigenvalue weighted by Crippen LogP contribution is -2.25. The molecule has 0 radical (unpaired) electrons. The Labute approximate surface area is 102 Å². The minimum Gasteiger partial charge on any atom is -0.313 e. The molecule has 1 aromatic heterocycles. The highest BCUT2D eigenvalue weighted by Crippen LogP contribution is 2.30. The lowest BCUT2D eigenvalue weighted by atomic mass is 9.95. The maximum atomic E-state index is 11.5. The molecule has 1 aromatic rings. The zero-order valence-electron chi connectivity index (χ0n) is 10.3. The summed E-state index contributed by atoms with van der Waals surface area (Å²) in [5, 5.41) is 7.46. The van der Waals surface area contributed by atoms with E-state index in [1.54, 1.807) is 0 Å². The molecular weight excluding hydrogens is 238 g/mol. The van der Waals surface area contributed by atoms with Crippen molar-refractivity contribution in [1.29, 1.82) is 0 Å². The largest absolute Gasteiger partial charge is 0.313 e. The van der Waals surface area contributed by atoms with Gasteiger partial charge >= 0.3 is 0 Å². The third-order valence-corrected chi connectivity index (χ3v) is 5.18. The van der Waals surface area contributed by atoms with Crippen LogP contribution in [0.3, 0.4) is 0 Å². The fourth-order valence-corrected chi connectivity index (χ4v) is 4.31. The molecule has 2 atom stereocenters. The maximum absolute atomic E-state index is 11.5. The second-order valence-electron chi connectivity index (χ2n) is 4.56. The molecule has 0 spiro atoms. The molecule has 1 saturated heterocycles. The number of nitrogens with one attached hydrogen (secondary N) is 1. The summed E-state index contributed by atoms with van der Waals surface area (Å²) in [6, 6.07) is 0.0903. The van der Waals surface area contributed by atoms with Crippen LogP contribution in [-0.4, -0.2) is 36.8 Å². The second-order valence-corrected chi connectivity index (χ2v) is 6.79. The SMILES string of the molecule is CCn1cc(C(NC)C2CCS(=O)(=O)C2)cn1. The summed E-state index contributed by atoms with van der Waals surface area (Å²) in [5.41, 5.74) is 1.08. The molecule has 96 valence electrons. The number of rotatable bonds is 4. The van der Waals surface area contributed by atoms with E-state index in [0.717, 1.165) is 18.5 Å². The average molecular weight is 257 g/mol. The number of hydrogen-bond acceptors (Lipinski definition) is 4. The first-order valence-electron chi connectivity index (χ1n) is 5.95. The lowest BCUT2D eigenvalue weighted by Gasteiger charge is -2.20. The van der Waals surface area contributed by atoms with Gasteiger partial charge in [-0.2, -0.15) is 5.10 Å². The molecule has 0 aromatic carbocycles. The highest BCUT2D eigenvalue weighted by atomic mass is 32.2. The van der Waals surface area contributed by atoms with Gasteiger partial charge in [0.05, 0.1) is 17.7 Å². The standard InChI is InChI=1S/C11H19N3O2S/c1-3-14-7-10(6-13-14)11(12-2)9-4-5-17(15,16)8-9/h6-7,9,11-12H,3-5,8H2,1-2H3. The van der Waals surface area contributed by atoms with Crippen molar-refractivity contribution in [2.75, 3.05) is 18.6 Å². The predicted octanol–water partition coefficient (Wildman–Crippen LogP) is 0.598. The van der Waals surface area contributed by atoms with Crippen molar-refractivity contribution in [3.63, 3.8) is 0 Å². The van der Waals surface area contributed by atoms with Gasteiger partial charge in [0.15, 0.2) is 9.84 Å². The van der Waals surface area contributed by atoms with Crippen LogP contribution in [0, 0.1) is 5.92 Å². The summed E-state index contributed by atoms with van der Waals surface area (Å²) in [6.07, 6.45) is 4.56. The molecule has 0 saturated carbocycles. The molecule has 0 bridgehead atoms. The summed E-state index contributed by atoms with van der Waals surface area (Å²) in [7, 11) is -0.951. The monoisotopic (exact) mass is 257 g/mol. The summed E-state index contributed by atoms with van der Waals surface area (Å²) >= 11 is 0. The van der Waals surface area contributed by atoms with Crippen molar-refractivity contribution < 1.29 is 8.42 Å². The van der Waals surface area contributed by atoms with Crippen LogP contribution in [0.2, 0.25) is 0 Å². The van der Waals surface area contributed by atoms with E-state index in [9.17, 15) is 8.42 Å². The van der Waals surface area contributed by atoms with Crippen molar-refractivity contribution in [3.05, 3.63) is 18.0 Å². The topological polar surface area (TPSA) is 64.0 Å². The van der Waals surface area contributed by atoms with Gasteiger partial charge in [0.1, 0.15) is 0 Å². The van der Waals surface area contributed by atoms with Gasteiger partial charge in [-0.1, -0.05) is 0 Å². The van der Waals surface area contributed by atoms with Gasteiger partial charge in [0, 0.05) is 24.3 Å². The highest BCUT2D eigenvalue weighted by molar-refractivity contribution is 7.91. The van der Waals surface area contributed by atoms with Gasteiger partial charge in [-0.3, -0.25) is 4.68 Å². The number of sulfone groups is 1. The van der Waals surface area contributed by atoms with Crippen LogP contribution in [-0.2, 0) is 16.4 Å². The van der Waals surface area contributed by atoms with Gasteiger partial charge in [0.25, 0.3) is 0 Å². The molecule has 1 aliphatic heterocycles. The smallest absolute Gasteiger partial charge is 0.150 e. The van der Waals surface area contributed by atoms with Crippen LogP contribution in [0.15, 0.2) is 12.4 Å². The Morgan fingerprint density at radius 3 is 2.88 bits per heavy atom. The predicted molar refractivity (Wildman–Crippen MR) is 66.5 cm³/mol. The van der Waals surface area contributed by atoms with Gasteiger partial charge in [-0.15, -0.1) is 0 Å². The van der Waals surface area contributed by atoms with Crippen molar-refractivity contribution >= 4 is 9.84 Å². The quantitative estimate of drug-likeness (QED) is 0.858. The third-order valence-electron chi connectivity index (χ3n) is 3.39. The van der Waals surface area contributed by atoms with E-state index in [0.29, 0.717) is 5.75 Å². The van der Waals surface area contributed by atoms with Gasteiger partial charge in [0.2, 0.25) is 0 Å². The second kappa shape index (κ2) is 4.78. The minimum atomic E-state index is -2.82. The number of aryl methyl sites for hydroxylation is 1. The van der Waals surface area contributed by atoms with Crippen LogP contribution in [0.1, 0.15) is 24.9 Å².